The molecule has 21 heavy (non-hydrogen) atoms. The molecule has 0 heterocycles. The van der Waals surface area contributed by atoms with Crippen LogP contribution in [-0.2, 0) is 16.1 Å². The van der Waals surface area contributed by atoms with E-state index in [1.807, 2.05) is 49.1 Å². The highest BCUT2D eigenvalue weighted by atomic mass is 16.4. The van der Waals surface area contributed by atoms with E-state index in [9.17, 15) is 9.59 Å². The summed E-state index contributed by atoms with van der Waals surface area (Å²) in [5.41, 5.74) is 1.09. The smallest absolute Gasteiger partial charge is 0.303 e. The zero-order valence-corrected chi connectivity index (χ0v) is 13.1. The van der Waals surface area contributed by atoms with E-state index in [1.54, 1.807) is 0 Å². The molecule has 4 heteroatoms. The van der Waals surface area contributed by atoms with E-state index < -0.39 is 5.97 Å². The Morgan fingerprint density at radius 3 is 2.29 bits per heavy atom. The van der Waals surface area contributed by atoms with Crippen molar-refractivity contribution in [3.8, 4) is 0 Å². The summed E-state index contributed by atoms with van der Waals surface area (Å²) in [6, 6.07) is 10.0. The van der Waals surface area contributed by atoms with Gasteiger partial charge in [0.05, 0.1) is 0 Å². The first kappa shape index (κ1) is 17.2. The van der Waals surface area contributed by atoms with Gasteiger partial charge in [0.25, 0.3) is 0 Å². The molecule has 0 aliphatic rings. The van der Waals surface area contributed by atoms with E-state index in [0.717, 1.165) is 12.0 Å². The number of hydrogen-bond acceptors (Lipinski definition) is 2. The van der Waals surface area contributed by atoms with Crippen LogP contribution >= 0.6 is 0 Å². The summed E-state index contributed by atoms with van der Waals surface area (Å²) >= 11 is 0. The van der Waals surface area contributed by atoms with Crippen LogP contribution in [0.4, 0.5) is 0 Å². The topological polar surface area (TPSA) is 57.6 Å². The summed E-state index contributed by atoms with van der Waals surface area (Å²) in [6.45, 7) is 6.47. The van der Waals surface area contributed by atoms with E-state index in [1.165, 1.54) is 0 Å². The zero-order valence-electron chi connectivity index (χ0n) is 13.1. The molecule has 4 nitrogen and oxygen atoms in total. The maximum atomic E-state index is 12.5. The summed E-state index contributed by atoms with van der Waals surface area (Å²) in [5.74, 6) is -0.965. The van der Waals surface area contributed by atoms with Crippen LogP contribution in [0.25, 0.3) is 0 Å². The Kier molecular flexibility index (Phi) is 6.92. The molecule has 1 rings (SSSR count). The quantitative estimate of drug-likeness (QED) is 0.799. The van der Waals surface area contributed by atoms with Gasteiger partial charge in [0.2, 0.25) is 5.91 Å². The highest BCUT2D eigenvalue weighted by Crippen LogP contribution is 2.16. The van der Waals surface area contributed by atoms with Gasteiger partial charge < -0.3 is 10.0 Å². The van der Waals surface area contributed by atoms with Gasteiger partial charge in [0, 0.05) is 25.4 Å². The zero-order chi connectivity index (χ0) is 15.8. The number of carboxylic acid groups (broad SMARTS) is 1. The molecular formula is C17H25NO3. The summed E-state index contributed by atoms with van der Waals surface area (Å²) in [6.07, 6.45) is 1.20. The number of hydrogen-bond donors (Lipinski definition) is 1. The van der Waals surface area contributed by atoms with Gasteiger partial charge in [0.1, 0.15) is 0 Å². The van der Waals surface area contributed by atoms with Crippen molar-refractivity contribution in [1.82, 2.24) is 4.90 Å². The molecule has 0 bridgehead atoms. The Labute approximate surface area is 126 Å². The van der Waals surface area contributed by atoms with Crippen molar-refractivity contribution < 1.29 is 14.7 Å². The highest BCUT2D eigenvalue weighted by Gasteiger charge is 2.22. The highest BCUT2D eigenvalue weighted by molar-refractivity contribution is 5.77. The predicted molar refractivity (Wildman–Crippen MR) is 82.8 cm³/mol. The van der Waals surface area contributed by atoms with Crippen molar-refractivity contribution in [2.45, 2.75) is 52.6 Å². The molecule has 2 atom stereocenters. The molecule has 0 aliphatic carbocycles. The van der Waals surface area contributed by atoms with Crippen LogP contribution in [0.15, 0.2) is 30.3 Å². The van der Waals surface area contributed by atoms with E-state index >= 15 is 0 Å². The first-order valence-corrected chi connectivity index (χ1v) is 7.49. The summed E-state index contributed by atoms with van der Waals surface area (Å²) in [7, 11) is 0. The normalized spacial score (nSPS) is 13.5. The SMILES string of the molecule is CCC(C)N(Cc1ccccc1)C(=O)CC(C)CC(=O)O. The van der Waals surface area contributed by atoms with Crippen LogP contribution < -0.4 is 0 Å². The maximum Gasteiger partial charge on any atom is 0.303 e. The first-order chi connectivity index (χ1) is 9.93. The molecule has 0 saturated heterocycles. The van der Waals surface area contributed by atoms with Gasteiger partial charge in [0.15, 0.2) is 0 Å². The maximum absolute atomic E-state index is 12.5. The number of nitrogens with zero attached hydrogens (tertiary/aromatic N) is 1. The third-order valence-electron chi connectivity index (χ3n) is 3.69. The third kappa shape index (κ3) is 5.98. The molecule has 0 spiro atoms. The number of carbonyl (C=O) groups is 2. The average molecular weight is 291 g/mol. The van der Waals surface area contributed by atoms with Crippen LogP contribution in [0.3, 0.4) is 0 Å². The second-order valence-electron chi connectivity index (χ2n) is 5.67. The number of benzene rings is 1. The Hall–Kier alpha value is -1.84. The fourth-order valence-corrected chi connectivity index (χ4v) is 2.28. The molecule has 0 saturated carbocycles. The van der Waals surface area contributed by atoms with Crippen LogP contribution in [-0.4, -0.2) is 27.9 Å². The Bertz CT molecular complexity index is 458. The van der Waals surface area contributed by atoms with E-state index in [2.05, 4.69) is 6.92 Å². The molecular weight excluding hydrogens is 266 g/mol. The van der Waals surface area contributed by atoms with Gasteiger partial charge in [-0.05, 0) is 24.8 Å². The van der Waals surface area contributed by atoms with Crippen molar-refractivity contribution in [3.05, 3.63) is 35.9 Å². The fraction of sp³-hybridized carbons (Fsp3) is 0.529. The summed E-state index contributed by atoms with van der Waals surface area (Å²) in [5, 5.41) is 8.80. The van der Waals surface area contributed by atoms with Crippen LogP contribution in [0.2, 0.25) is 0 Å². The van der Waals surface area contributed by atoms with Crippen LogP contribution in [0.5, 0.6) is 0 Å². The second kappa shape index (κ2) is 8.45. The van der Waals surface area contributed by atoms with Gasteiger partial charge in [-0.25, -0.2) is 0 Å². The minimum Gasteiger partial charge on any atom is -0.481 e. The second-order valence-corrected chi connectivity index (χ2v) is 5.67. The molecule has 0 aliphatic heterocycles. The Morgan fingerprint density at radius 2 is 1.76 bits per heavy atom. The molecule has 1 aromatic carbocycles. The Morgan fingerprint density at radius 1 is 1.14 bits per heavy atom. The molecule has 116 valence electrons. The molecule has 1 aromatic rings. The molecule has 2 unspecified atom stereocenters. The van der Waals surface area contributed by atoms with Crippen LogP contribution in [0.1, 0.15) is 45.6 Å². The lowest BCUT2D eigenvalue weighted by Gasteiger charge is -2.29. The van der Waals surface area contributed by atoms with E-state index in [4.69, 9.17) is 5.11 Å². The molecule has 0 radical (unpaired) electrons. The van der Waals surface area contributed by atoms with Gasteiger partial charge >= 0.3 is 5.97 Å². The van der Waals surface area contributed by atoms with Crippen molar-refractivity contribution >= 4 is 11.9 Å². The number of aliphatic carboxylic acids is 1. The molecule has 1 N–H and O–H groups in total. The van der Waals surface area contributed by atoms with Crippen molar-refractivity contribution in [3.63, 3.8) is 0 Å². The molecule has 0 fully saturated rings. The molecule has 1 amide bonds. The van der Waals surface area contributed by atoms with Gasteiger partial charge in [-0.2, -0.15) is 0 Å². The average Bonchev–Trinajstić information content (AvgIpc) is 2.44. The van der Waals surface area contributed by atoms with Gasteiger partial charge in [-0.3, -0.25) is 9.59 Å². The summed E-state index contributed by atoms with van der Waals surface area (Å²) < 4.78 is 0. The van der Waals surface area contributed by atoms with E-state index in [-0.39, 0.29) is 30.7 Å². The minimum absolute atomic E-state index is 0.0296. The van der Waals surface area contributed by atoms with Crippen molar-refractivity contribution in [2.75, 3.05) is 0 Å². The van der Waals surface area contributed by atoms with Crippen LogP contribution in [0, 0.1) is 5.92 Å². The number of rotatable bonds is 8. The Balaban J connectivity index is 2.73. The minimum atomic E-state index is -0.853. The lowest BCUT2D eigenvalue weighted by molar-refractivity contribution is -0.139. The largest absolute Gasteiger partial charge is 0.481 e. The molecule has 0 aromatic heterocycles. The number of amides is 1. The van der Waals surface area contributed by atoms with Gasteiger partial charge in [-0.15, -0.1) is 0 Å². The number of carboxylic acids is 1. The van der Waals surface area contributed by atoms with E-state index in [0.29, 0.717) is 6.54 Å². The lowest BCUT2D eigenvalue weighted by atomic mass is 10.0. The monoisotopic (exact) mass is 291 g/mol. The summed E-state index contributed by atoms with van der Waals surface area (Å²) in [4.78, 5) is 25.0. The number of carbonyl (C=O) groups excluding carboxylic acids is 1. The fourth-order valence-electron chi connectivity index (χ4n) is 2.28. The first-order valence-electron chi connectivity index (χ1n) is 7.49. The predicted octanol–water partition coefficient (Wildman–Crippen LogP) is 3.31. The standard InChI is InChI=1S/C17H25NO3/c1-4-14(3)18(12-15-8-6-5-7-9-15)16(19)10-13(2)11-17(20)21/h5-9,13-14H,4,10-12H2,1-3H3,(H,20,21). The third-order valence-corrected chi connectivity index (χ3v) is 3.69. The van der Waals surface area contributed by atoms with Gasteiger partial charge in [-0.1, -0.05) is 44.2 Å². The van der Waals surface area contributed by atoms with Crippen molar-refractivity contribution in [1.29, 1.82) is 0 Å². The lowest BCUT2D eigenvalue weighted by Crippen LogP contribution is -2.38. The van der Waals surface area contributed by atoms with Crippen molar-refractivity contribution in [2.24, 2.45) is 5.92 Å².